The number of hydrogen-bond acceptors (Lipinski definition) is 3. The summed E-state index contributed by atoms with van der Waals surface area (Å²) in [6.45, 7) is 6.96. The van der Waals surface area contributed by atoms with Crippen LogP contribution in [-0.4, -0.2) is 5.91 Å². The lowest BCUT2D eigenvalue weighted by atomic mass is 9.69. The fourth-order valence-electron chi connectivity index (χ4n) is 3.53. The lowest BCUT2D eigenvalue weighted by Crippen LogP contribution is -2.29. The van der Waals surface area contributed by atoms with Crippen molar-refractivity contribution in [3.8, 4) is 0 Å². The standard InChI is InChI=1S/C20H26N2OS/c1-4-20(2,3)13-10-11-15-16(12-13)24-18(21)17(15)19(23)22-14-8-6-5-7-9-14/h5-9,13H,4,10-12,21H2,1-3H3,(H,22,23)/t13-/m1/s1. The van der Waals surface area contributed by atoms with Crippen LogP contribution in [0.15, 0.2) is 30.3 Å². The van der Waals surface area contributed by atoms with Crippen molar-refractivity contribution in [3.63, 3.8) is 0 Å². The van der Waals surface area contributed by atoms with Crippen LogP contribution in [0, 0.1) is 11.3 Å². The van der Waals surface area contributed by atoms with Gasteiger partial charge in [0.15, 0.2) is 0 Å². The summed E-state index contributed by atoms with van der Waals surface area (Å²) in [7, 11) is 0. The summed E-state index contributed by atoms with van der Waals surface area (Å²) < 4.78 is 0. The summed E-state index contributed by atoms with van der Waals surface area (Å²) in [6.07, 6.45) is 4.31. The zero-order chi connectivity index (χ0) is 17.3. The van der Waals surface area contributed by atoms with Crippen molar-refractivity contribution in [2.24, 2.45) is 11.3 Å². The molecular weight excluding hydrogens is 316 g/mol. The van der Waals surface area contributed by atoms with Gasteiger partial charge in [-0.15, -0.1) is 11.3 Å². The van der Waals surface area contributed by atoms with Crippen LogP contribution in [0.4, 0.5) is 10.7 Å². The van der Waals surface area contributed by atoms with Crippen molar-refractivity contribution >= 4 is 27.9 Å². The van der Waals surface area contributed by atoms with Gasteiger partial charge < -0.3 is 11.1 Å². The molecule has 4 heteroatoms. The molecule has 128 valence electrons. The largest absolute Gasteiger partial charge is 0.390 e. The second kappa shape index (κ2) is 6.60. The van der Waals surface area contributed by atoms with Crippen LogP contribution in [0.1, 0.15) is 54.4 Å². The van der Waals surface area contributed by atoms with Crippen LogP contribution in [0.5, 0.6) is 0 Å². The highest BCUT2D eigenvalue weighted by atomic mass is 32.1. The van der Waals surface area contributed by atoms with Gasteiger partial charge in [0.1, 0.15) is 0 Å². The van der Waals surface area contributed by atoms with E-state index in [-0.39, 0.29) is 5.91 Å². The van der Waals surface area contributed by atoms with Gasteiger partial charge in [0.25, 0.3) is 5.91 Å². The molecule has 1 aliphatic rings. The van der Waals surface area contributed by atoms with Crippen LogP contribution < -0.4 is 11.1 Å². The Balaban J connectivity index is 1.84. The van der Waals surface area contributed by atoms with Crippen LogP contribution in [0.25, 0.3) is 0 Å². The first-order valence-corrected chi connectivity index (χ1v) is 9.50. The van der Waals surface area contributed by atoms with E-state index in [4.69, 9.17) is 5.73 Å². The lowest BCUT2D eigenvalue weighted by Gasteiger charge is -2.36. The molecule has 1 aliphatic carbocycles. The number of fused-ring (bicyclic) bond motifs is 1. The van der Waals surface area contributed by atoms with Gasteiger partial charge >= 0.3 is 0 Å². The van der Waals surface area contributed by atoms with Crippen LogP contribution >= 0.6 is 11.3 Å². The SMILES string of the molecule is CCC(C)(C)[C@@H]1CCc2c(sc(N)c2C(=O)Nc2ccccc2)C1. The number of carbonyl (C=O) groups excluding carboxylic acids is 1. The fraction of sp³-hybridized carbons (Fsp3) is 0.450. The third-order valence-corrected chi connectivity index (χ3v) is 6.65. The minimum Gasteiger partial charge on any atom is -0.390 e. The molecule has 0 spiro atoms. The number of hydrogen-bond donors (Lipinski definition) is 2. The maximum absolute atomic E-state index is 12.7. The van der Waals surface area contributed by atoms with E-state index < -0.39 is 0 Å². The Bertz CT molecular complexity index is 734. The van der Waals surface area contributed by atoms with Crippen molar-refractivity contribution in [1.82, 2.24) is 0 Å². The molecular formula is C20H26N2OS. The average molecular weight is 343 g/mol. The lowest BCUT2D eigenvalue weighted by molar-refractivity contribution is 0.102. The molecule has 1 atom stereocenters. The third-order valence-electron chi connectivity index (χ3n) is 5.57. The first kappa shape index (κ1) is 17.0. The van der Waals surface area contributed by atoms with Gasteiger partial charge in [-0.3, -0.25) is 4.79 Å². The summed E-state index contributed by atoms with van der Waals surface area (Å²) >= 11 is 1.60. The number of nitrogen functional groups attached to an aromatic ring is 1. The maximum atomic E-state index is 12.7. The van der Waals surface area contributed by atoms with E-state index in [0.29, 0.717) is 21.9 Å². The van der Waals surface area contributed by atoms with Crippen LogP contribution in [0.2, 0.25) is 0 Å². The maximum Gasteiger partial charge on any atom is 0.258 e. The summed E-state index contributed by atoms with van der Waals surface area (Å²) in [6, 6.07) is 9.56. The normalized spacial score (nSPS) is 17.4. The van der Waals surface area contributed by atoms with E-state index in [9.17, 15) is 4.79 Å². The van der Waals surface area contributed by atoms with E-state index >= 15 is 0 Å². The molecule has 24 heavy (non-hydrogen) atoms. The highest BCUT2D eigenvalue weighted by molar-refractivity contribution is 7.16. The zero-order valence-corrected chi connectivity index (χ0v) is 15.5. The smallest absolute Gasteiger partial charge is 0.258 e. The number of para-hydroxylation sites is 1. The number of anilines is 2. The molecule has 3 nitrogen and oxygen atoms in total. The Morgan fingerprint density at radius 3 is 2.71 bits per heavy atom. The summed E-state index contributed by atoms with van der Waals surface area (Å²) in [5, 5.41) is 3.63. The van der Waals surface area contributed by atoms with Gasteiger partial charge in [0, 0.05) is 10.6 Å². The highest BCUT2D eigenvalue weighted by Crippen LogP contribution is 2.44. The minimum atomic E-state index is -0.0793. The molecule has 0 saturated heterocycles. The Hall–Kier alpha value is -1.81. The summed E-state index contributed by atoms with van der Waals surface area (Å²) in [5.41, 5.74) is 9.24. The van der Waals surface area contributed by atoms with Gasteiger partial charge in [0.2, 0.25) is 0 Å². The topological polar surface area (TPSA) is 55.1 Å². The molecule has 0 unspecified atom stereocenters. The first-order valence-electron chi connectivity index (χ1n) is 8.68. The molecule has 0 aliphatic heterocycles. The predicted molar refractivity (Wildman–Crippen MR) is 103 cm³/mol. The number of rotatable bonds is 4. The number of nitrogens with two attached hydrogens (primary N) is 1. The Labute approximate surface area is 148 Å². The van der Waals surface area contributed by atoms with Crippen molar-refractivity contribution in [3.05, 3.63) is 46.3 Å². The molecule has 1 heterocycles. The van der Waals surface area contributed by atoms with Crippen molar-refractivity contribution < 1.29 is 4.79 Å². The van der Waals surface area contributed by atoms with E-state index in [2.05, 4.69) is 26.1 Å². The highest BCUT2D eigenvalue weighted by Gasteiger charge is 2.34. The van der Waals surface area contributed by atoms with E-state index in [1.165, 1.54) is 16.9 Å². The summed E-state index contributed by atoms with van der Waals surface area (Å²) in [4.78, 5) is 14.0. The van der Waals surface area contributed by atoms with Gasteiger partial charge in [0.05, 0.1) is 10.6 Å². The Kier molecular flexibility index (Phi) is 4.68. The van der Waals surface area contributed by atoms with Gasteiger partial charge in [-0.1, -0.05) is 45.4 Å². The number of nitrogens with one attached hydrogen (secondary N) is 1. The number of benzene rings is 1. The molecule has 3 N–H and O–H groups in total. The van der Waals surface area contributed by atoms with Gasteiger partial charge in [-0.2, -0.15) is 0 Å². The quantitative estimate of drug-likeness (QED) is 0.810. The first-order chi connectivity index (χ1) is 11.4. The monoisotopic (exact) mass is 342 g/mol. The third kappa shape index (κ3) is 3.20. The van der Waals surface area contributed by atoms with Crippen molar-refractivity contribution in [2.45, 2.75) is 46.5 Å². The van der Waals surface area contributed by atoms with E-state index in [0.717, 1.165) is 24.9 Å². The molecule has 1 aromatic heterocycles. The fourth-order valence-corrected chi connectivity index (χ4v) is 4.72. The predicted octanol–water partition coefficient (Wildman–Crippen LogP) is 5.12. The molecule has 2 aromatic rings. The molecule has 0 fully saturated rings. The number of carbonyl (C=O) groups is 1. The van der Waals surface area contributed by atoms with E-state index in [1.807, 2.05) is 30.3 Å². The van der Waals surface area contributed by atoms with Crippen molar-refractivity contribution in [2.75, 3.05) is 11.1 Å². The second-order valence-electron chi connectivity index (χ2n) is 7.35. The van der Waals surface area contributed by atoms with Crippen molar-refractivity contribution in [1.29, 1.82) is 0 Å². The number of amides is 1. The molecule has 0 radical (unpaired) electrons. The molecule has 0 bridgehead atoms. The number of thiophene rings is 1. The van der Waals surface area contributed by atoms with Gasteiger partial charge in [-0.05, 0) is 48.3 Å². The van der Waals surface area contributed by atoms with E-state index in [1.54, 1.807) is 11.3 Å². The Morgan fingerprint density at radius 1 is 1.33 bits per heavy atom. The Morgan fingerprint density at radius 2 is 2.04 bits per heavy atom. The summed E-state index contributed by atoms with van der Waals surface area (Å²) in [5.74, 6) is 0.586. The zero-order valence-electron chi connectivity index (χ0n) is 14.7. The van der Waals surface area contributed by atoms with Crippen LogP contribution in [0.3, 0.4) is 0 Å². The minimum absolute atomic E-state index is 0.0793. The molecule has 1 aromatic carbocycles. The molecule has 3 rings (SSSR count). The van der Waals surface area contributed by atoms with Crippen LogP contribution in [-0.2, 0) is 12.8 Å². The average Bonchev–Trinajstić information content (AvgIpc) is 2.90. The van der Waals surface area contributed by atoms with Gasteiger partial charge in [-0.25, -0.2) is 0 Å². The molecule has 1 amide bonds. The molecule has 0 saturated carbocycles. The second-order valence-corrected chi connectivity index (χ2v) is 8.48.